The van der Waals surface area contributed by atoms with Gasteiger partial charge in [-0.1, -0.05) is 13.8 Å². The number of hydrogen-bond donors (Lipinski definition) is 4. The first-order chi connectivity index (χ1) is 39.2. The first-order valence-corrected chi connectivity index (χ1v) is 42.9. The summed E-state index contributed by atoms with van der Waals surface area (Å²) in [5.41, 5.74) is 0. The van der Waals surface area contributed by atoms with Gasteiger partial charge in [-0.2, -0.15) is 0 Å². The number of thioether (sulfide) groups is 1. The van der Waals surface area contributed by atoms with E-state index in [-0.39, 0.29) is 21.8 Å². The summed E-state index contributed by atoms with van der Waals surface area (Å²) >= 11 is 2.13. The van der Waals surface area contributed by atoms with Crippen LogP contribution in [0.15, 0.2) is 0 Å². The standard InChI is InChI=1S/C54H124N4O16SSi6/c1-19-53(39-33-45-76(59-15)60-16,51(55-41-35-47-78(63-21-3,64-22-4)65-23-5)56-42-36-48-79(66-24-6,67-25-7)68-26-8)75-54(20-2,40-34-46-77(61-17)62-18)52(57-43-37-49-80(69-27-9,70-28-10)71-29-11)58-44-38-50-81(72-30-12,73-31-13)74-32-14/h51-52,55-58H,19-50H2,1-18H3. The smallest absolute Gasteiger partial charge is 0.397 e. The van der Waals surface area contributed by atoms with Crippen LogP contribution in [-0.4, -0.2) is 210 Å². The van der Waals surface area contributed by atoms with Crippen molar-refractivity contribution in [2.75, 3.05) is 134 Å². The van der Waals surface area contributed by atoms with E-state index in [9.17, 15) is 0 Å². The second kappa shape index (κ2) is 49.7. The predicted molar refractivity (Wildman–Crippen MR) is 341 cm³/mol. The Kier molecular flexibility index (Phi) is 50.2. The van der Waals surface area contributed by atoms with Gasteiger partial charge in [0.25, 0.3) is 0 Å². The van der Waals surface area contributed by atoms with Crippen molar-refractivity contribution in [3.63, 3.8) is 0 Å². The molecule has 0 aliphatic heterocycles. The maximum absolute atomic E-state index is 6.37. The Bertz CT molecular complexity index is 1210. The average molecular weight is 1290 g/mol. The highest BCUT2D eigenvalue weighted by molar-refractivity contribution is 8.02. The van der Waals surface area contributed by atoms with Crippen LogP contribution in [0.2, 0.25) is 36.3 Å². The van der Waals surface area contributed by atoms with Gasteiger partial charge in [0.2, 0.25) is 0 Å². The van der Waals surface area contributed by atoms with Crippen molar-refractivity contribution in [2.45, 2.75) is 219 Å². The van der Waals surface area contributed by atoms with Crippen LogP contribution in [0.4, 0.5) is 0 Å². The number of nitrogens with one attached hydrogen (secondary N) is 4. The van der Waals surface area contributed by atoms with Gasteiger partial charge in [0, 0.05) is 141 Å². The Morgan fingerprint density at radius 2 is 0.519 bits per heavy atom. The van der Waals surface area contributed by atoms with Gasteiger partial charge >= 0.3 is 53.8 Å². The van der Waals surface area contributed by atoms with E-state index in [0.717, 1.165) is 76.3 Å². The molecule has 0 saturated heterocycles. The third-order valence-corrected chi connectivity index (χ3v) is 32.2. The lowest BCUT2D eigenvalue weighted by atomic mass is 9.93. The largest absolute Gasteiger partial charge is 0.500 e. The molecular weight excluding hydrogens is 1160 g/mol. The summed E-state index contributed by atoms with van der Waals surface area (Å²) in [6.45, 7) is 38.2. The zero-order valence-corrected chi connectivity index (χ0v) is 61.5. The zero-order valence-electron chi connectivity index (χ0n) is 54.7. The van der Waals surface area contributed by atoms with Gasteiger partial charge in [-0.15, -0.1) is 11.8 Å². The quantitative estimate of drug-likeness (QED) is 0.0255. The molecule has 2 unspecified atom stereocenters. The molecule has 0 bridgehead atoms. The molecule has 0 amide bonds. The molecule has 0 heterocycles. The van der Waals surface area contributed by atoms with E-state index in [1.54, 1.807) is 28.4 Å². The van der Waals surface area contributed by atoms with Gasteiger partial charge in [-0.05, 0) is 186 Å². The highest BCUT2D eigenvalue weighted by atomic mass is 32.2. The molecule has 0 aliphatic rings. The summed E-state index contributed by atoms with van der Waals surface area (Å²) in [4.78, 5) is 0. The summed E-state index contributed by atoms with van der Waals surface area (Å²) in [7, 11) is -7.57. The molecule has 0 aliphatic carbocycles. The Labute approximate surface area is 508 Å². The molecular formula is C54H124N4O16SSi6. The van der Waals surface area contributed by atoms with E-state index in [2.05, 4.69) is 46.9 Å². The predicted octanol–water partition coefficient (Wildman–Crippen LogP) is 9.90. The average Bonchev–Trinajstić information content (AvgIpc) is 3.59. The van der Waals surface area contributed by atoms with Gasteiger partial charge in [-0.3, -0.25) is 0 Å². The third kappa shape index (κ3) is 31.2. The first-order valence-electron chi connectivity index (χ1n) is 31.4. The Balaban J connectivity index is 8.33. The van der Waals surface area contributed by atoms with Crippen LogP contribution in [0.25, 0.3) is 0 Å². The molecule has 0 saturated carbocycles. The maximum atomic E-state index is 6.37. The monoisotopic (exact) mass is 1280 g/mol. The number of rotatable bonds is 62. The molecule has 81 heavy (non-hydrogen) atoms. The van der Waals surface area contributed by atoms with E-state index >= 15 is 0 Å². The van der Waals surface area contributed by atoms with Crippen LogP contribution >= 0.6 is 11.8 Å². The van der Waals surface area contributed by atoms with E-state index < -0.39 is 53.8 Å². The Morgan fingerprint density at radius 1 is 0.321 bits per heavy atom. The van der Waals surface area contributed by atoms with Gasteiger partial charge in [0.05, 0.1) is 12.3 Å². The van der Waals surface area contributed by atoms with Crippen molar-refractivity contribution in [3.8, 4) is 0 Å². The lowest BCUT2D eigenvalue weighted by Gasteiger charge is -2.51. The summed E-state index contributed by atoms with van der Waals surface area (Å²) in [6, 6.07) is 4.48. The minimum Gasteiger partial charge on any atom is -0.397 e. The van der Waals surface area contributed by atoms with Gasteiger partial charge in [-0.25, -0.2) is 0 Å². The van der Waals surface area contributed by atoms with Crippen LogP contribution in [0.3, 0.4) is 0 Å². The van der Waals surface area contributed by atoms with Crippen molar-refractivity contribution in [2.24, 2.45) is 0 Å². The summed E-state index contributed by atoms with van der Waals surface area (Å²) < 4.78 is 99.5. The first kappa shape index (κ1) is 81.9. The minimum atomic E-state index is -2.92. The third-order valence-electron chi connectivity index (χ3n) is 13.9. The fraction of sp³-hybridized carbons (Fsp3) is 1.00. The molecule has 0 aromatic heterocycles. The second-order valence-corrected chi connectivity index (χ2v) is 36.1. The molecule has 2 radical (unpaired) electrons. The lowest BCUT2D eigenvalue weighted by molar-refractivity contribution is 0.0696. The van der Waals surface area contributed by atoms with Crippen LogP contribution in [0.1, 0.15) is 161 Å². The molecule has 0 fully saturated rings. The SMILES string of the molecule is CCO[Si](CCCNC(NCCC[Si](OCC)(OCC)OCC)C(CC)(CCC[Si](OC)OC)SC(CC)(CCC[Si](OC)OC)C(NCCC[Si](OCC)(OCC)OCC)NCCC[Si](OCC)(OCC)OCC)(OCC)OCC. The van der Waals surface area contributed by atoms with Crippen molar-refractivity contribution >= 4 is 65.5 Å². The molecule has 0 spiro atoms. The van der Waals surface area contributed by atoms with Gasteiger partial charge in [0.15, 0.2) is 0 Å². The molecule has 0 aromatic carbocycles. The molecule has 20 nitrogen and oxygen atoms in total. The van der Waals surface area contributed by atoms with E-state index in [4.69, 9.17) is 70.8 Å². The second-order valence-electron chi connectivity index (χ2n) is 19.2. The Hall–Kier alpha value is 0.851. The van der Waals surface area contributed by atoms with E-state index in [1.165, 1.54) is 0 Å². The molecule has 2 atom stereocenters. The minimum absolute atomic E-state index is 0.146. The van der Waals surface area contributed by atoms with Crippen LogP contribution in [0, 0.1) is 0 Å². The normalized spacial score (nSPS) is 14.6. The van der Waals surface area contributed by atoms with Crippen LogP contribution < -0.4 is 21.3 Å². The molecule has 4 N–H and O–H groups in total. The molecule has 0 rings (SSSR count). The molecule has 486 valence electrons. The number of hydrogen-bond acceptors (Lipinski definition) is 21. The zero-order chi connectivity index (χ0) is 60.8. The van der Waals surface area contributed by atoms with Gasteiger partial charge in [0.1, 0.15) is 0 Å². The highest BCUT2D eigenvalue weighted by Crippen LogP contribution is 2.50. The van der Waals surface area contributed by atoms with Crippen molar-refractivity contribution in [3.05, 3.63) is 0 Å². The highest BCUT2D eigenvalue weighted by Gasteiger charge is 2.50. The summed E-state index contributed by atoms with van der Waals surface area (Å²) in [5, 5.41) is 16.7. The van der Waals surface area contributed by atoms with Crippen molar-refractivity contribution in [1.29, 1.82) is 0 Å². The van der Waals surface area contributed by atoms with E-state index in [0.29, 0.717) is 130 Å². The fourth-order valence-corrected chi connectivity index (χ4v) is 25.2. The Morgan fingerprint density at radius 3 is 0.679 bits per heavy atom. The lowest BCUT2D eigenvalue weighted by Crippen LogP contribution is -2.63. The molecule has 0 aromatic rings. The van der Waals surface area contributed by atoms with Crippen LogP contribution in [-0.2, 0) is 70.8 Å². The maximum Gasteiger partial charge on any atom is 0.500 e. The van der Waals surface area contributed by atoms with Crippen LogP contribution in [0.5, 0.6) is 0 Å². The topological polar surface area (TPSA) is 196 Å². The fourth-order valence-electron chi connectivity index (χ4n) is 10.6. The van der Waals surface area contributed by atoms with Crippen molar-refractivity contribution in [1.82, 2.24) is 21.3 Å². The molecule has 27 heteroatoms. The summed E-state index contributed by atoms with van der Waals surface area (Å²) in [5.74, 6) is 0. The summed E-state index contributed by atoms with van der Waals surface area (Å²) in [6.07, 6.45) is 8.26. The van der Waals surface area contributed by atoms with E-state index in [1.807, 2.05) is 83.1 Å². The van der Waals surface area contributed by atoms with Crippen molar-refractivity contribution < 1.29 is 70.8 Å². The van der Waals surface area contributed by atoms with Gasteiger partial charge < -0.3 is 92.1 Å².